The summed E-state index contributed by atoms with van der Waals surface area (Å²) in [6.45, 7) is 8.08. The van der Waals surface area contributed by atoms with Gasteiger partial charge in [0, 0.05) is 11.1 Å². The van der Waals surface area contributed by atoms with Crippen LogP contribution >= 0.6 is 0 Å². The van der Waals surface area contributed by atoms with Crippen molar-refractivity contribution in [1.29, 1.82) is 0 Å². The van der Waals surface area contributed by atoms with Crippen LogP contribution < -0.4 is 9.78 Å². The molecule has 4 nitrogen and oxygen atoms in total. The Morgan fingerprint density at radius 1 is 1.00 bits per heavy atom. The van der Waals surface area contributed by atoms with Gasteiger partial charge in [-0.3, -0.25) is 0 Å². The maximum Gasteiger partial charge on any atom is 0.214 e. The number of hydrogen-bond donors (Lipinski definition) is 2. The van der Waals surface area contributed by atoms with E-state index in [1.807, 2.05) is 26.0 Å². The molecule has 17 heavy (non-hydrogen) atoms. The first-order valence-corrected chi connectivity index (χ1v) is 5.79. The molecule has 0 amide bonds. The lowest BCUT2D eigenvalue weighted by Gasteiger charge is -2.16. The van der Waals surface area contributed by atoms with E-state index in [4.69, 9.17) is 10.5 Å². The van der Waals surface area contributed by atoms with E-state index in [2.05, 4.69) is 23.6 Å². The molecule has 0 aliphatic heterocycles. The van der Waals surface area contributed by atoms with Crippen LogP contribution in [0.25, 0.3) is 0 Å². The molecule has 0 saturated carbocycles. The van der Waals surface area contributed by atoms with Crippen LogP contribution in [-0.2, 0) is 6.42 Å². The molecular formula is C13H20O4. The molecule has 0 atom stereocenters. The lowest BCUT2D eigenvalue weighted by atomic mass is 9.95. The Kier molecular flexibility index (Phi) is 4.78. The van der Waals surface area contributed by atoms with Gasteiger partial charge in [-0.2, -0.15) is 0 Å². The van der Waals surface area contributed by atoms with Crippen LogP contribution in [0.15, 0.2) is 12.1 Å². The third kappa shape index (κ3) is 3.11. The maximum atomic E-state index is 8.96. The third-order valence-corrected chi connectivity index (χ3v) is 2.66. The number of rotatable bonds is 5. The monoisotopic (exact) mass is 240 g/mol. The van der Waals surface area contributed by atoms with Crippen molar-refractivity contribution < 1.29 is 20.3 Å². The summed E-state index contributed by atoms with van der Waals surface area (Å²) < 4.78 is 0. The van der Waals surface area contributed by atoms with Crippen molar-refractivity contribution in [2.24, 2.45) is 5.92 Å². The van der Waals surface area contributed by atoms with Gasteiger partial charge in [0.25, 0.3) is 0 Å². The molecule has 1 aromatic carbocycles. The Labute approximate surface area is 102 Å². The smallest absolute Gasteiger partial charge is 0.214 e. The van der Waals surface area contributed by atoms with E-state index in [9.17, 15) is 0 Å². The fourth-order valence-electron chi connectivity index (χ4n) is 1.87. The fourth-order valence-corrected chi connectivity index (χ4v) is 1.87. The summed E-state index contributed by atoms with van der Waals surface area (Å²) in [5, 5.41) is 17.9. The molecule has 0 heterocycles. The van der Waals surface area contributed by atoms with E-state index in [-0.39, 0.29) is 17.4 Å². The Balaban J connectivity index is 3.27. The minimum atomic E-state index is 0.166. The van der Waals surface area contributed by atoms with Gasteiger partial charge in [-0.1, -0.05) is 39.8 Å². The quantitative estimate of drug-likeness (QED) is 0.608. The first kappa shape index (κ1) is 13.8. The largest absolute Gasteiger partial charge is 0.336 e. The molecule has 1 rings (SSSR count). The van der Waals surface area contributed by atoms with E-state index in [0.29, 0.717) is 5.92 Å². The highest BCUT2D eigenvalue weighted by Crippen LogP contribution is 2.39. The minimum Gasteiger partial charge on any atom is -0.336 e. The highest BCUT2D eigenvalue weighted by Gasteiger charge is 2.19. The Morgan fingerprint density at radius 3 is 2.00 bits per heavy atom. The third-order valence-electron chi connectivity index (χ3n) is 2.66. The standard InChI is InChI=1S/C13H20O4/c1-8(2)7-10-5-6-11(9(3)4)13(17-15)12(10)16-14/h5-6,8-9,14-15H,7H2,1-4H3. The normalized spacial score (nSPS) is 11.1. The summed E-state index contributed by atoms with van der Waals surface area (Å²) in [5.74, 6) is 0.979. The molecule has 4 heteroatoms. The summed E-state index contributed by atoms with van der Waals surface area (Å²) >= 11 is 0. The minimum absolute atomic E-state index is 0.166. The first-order chi connectivity index (χ1) is 8.01. The summed E-state index contributed by atoms with van der Waals surface area (Å²) in [6.07, 6.45) is 0.741. The Bertz CT molecular complexity index is 372. The van der Waals surface area contributed by atoms with Crippen LogP contribution in [0, 0.1) is 5.92 Å². The highest BCUT2D eigenvalue weighted by atomic mass is 17.1. The van der Waals surface area contributed by atoms with Crippen molar-refractivity contribution in [2.75, 3.05) is 0 Å². The summed E-state index contributed by atoms with van der Waals surface area (Å²) in [4.78, 5) is 8.74. The zero-order valence-electron chi connectivity index (χ0n) is 10.7. The van der Waals surface area contributed by atoms with Crippen LogP contribution in [-0.4, -0.2) is 10.5 Å². The van der Waals surface area contributed by atoms with Crippen molar-refractivity contribution in [1.82, 2.24) is 0 Å². The topological polar surface area (TPSA) is 58.9 Å². The lowest BCUT2D eigenvalue weighted by molar-refractivity contribution is -0.165. The van der Waals surface area contributed by atoms with Gasteiger partial charge < -0.3 is 9.78 Å². The predicted octanol–water partition coefficient (Wildman–Crippen LogP) is 3.71. The van der Waals surface area contributed by atoms with Crippen LogP contribution in [0.4, 0.5) is 0 Å². The van der Waals surface area contributed by atoms with Gasteiger partial charge in [0.15, 0.2) is 0 Å². The highest BCUT2D eigenvalue weighted by molar-refractivity contribution is 5.52. The maximum absolute atomic E-state index is 8.96. The molecule has 2 N–H and O–H groups in total. The molecule has 0 unspecified atom stereocenters. The van der Waals surface area contributed by atoms with Crippen LogP contribution in [0.3, 0.4) is 0 Å². The molecule has 0 bridgehead atoms. The van der Waals surface area contributed by atoms with Crippen LogP contribution in [0.5, 0.6) is 11.5 Å². The second-order valence-corrected chi connectivity index (χ2v) is 4.91. The number of benzene rings is 1. The van der Waals surface area contributed by atoms with Gasteiger partial charge in [-0.05, 0) is 18.3 Å². The second-order valence-electron chi connectivity index (χ2n) is 4.91. The zero-order valence-corrected chi connectivity index (χ0v) is 10.7. The van der Waals surface area contributed by atoms with Gasteiger partial charge in [0.1, 0.15) is 0 Å². The van der Waals surface area contributed by atoms with Gasteiger partial charge in [0.2, 0.25) is 11.5 Å². The average Bonchev–Trinajstić information content (AvgIpc) is 2.26. The lowest BCUT2D eigenvalue weighted by Crippen LogP contribution is -2.04. The van der Waals surface area contributed by atoms with Crippen LogP contribution in [0.1, 0.15) is 44.7 Å². The molecule has 96 valence electrons. The van der Waals surface area contributed by atoms with Crippen molar-refractivity contribution >= 4 is 0 Å². The average molecular weight is 240 g/mol. The Hall–Kier alpha value is -1.26. The molecule has 1 aromatic rings. The Morgan fingerprint density at radius 2 is 1.59 bits per heavy atom. The summed E-state index contributed by atoms with van der Waals surface area (Å²) in [7, 11) is 0. The number of hydrogen-bond acceptors (Lipinski definition) is 4. The molecule has 0 aromatic heterocycles. The van der Waals surface area contributed by atoms with Gasteiger partial charge >= 0.3 is 0 Å². The predicted molar refractivity (Wildman–Crippen MR) is 65.6 cm³/mol. The van der Waals surface area contributed by atoms with Gasteiger partial charge in [-0.25, -0.2) is 10.5 Å². The zero-order chi connectivity index (χ0) is 13.0. The van der Waals surface area contributed by atoms with Gasteiger partial charge in [-0.15, -0.1) is 0 Å². The van der Waals surface area contributed by atoms with E-state index in [1.165, 1.54) is 0 Å². The SMILES string of the molecule is CC(C)Cc1ccc(C(C)C)c(OO)c1OO. The molecule has 0 spiro atoms. The van der Waals surface area contributed by atoms with E-state index in [1.54, 1.807) is 0 Å². The van der Waals surface area contributed by atoms with Crippen LogP contribution in [0.2, 0.25) is 0 Å². The van der Waals surface area contributed by atoms with E-state index < -0.39 is 0 Å². The van der Waals surface area contributed by atoms with Crippen molar-refractivity contribution in [3.63, 3.8) is 0 Å². The van der Waals surface area contributed by atoms with Crippen molar-refractivity contribution in [2.45, 2.75) is 40.0 Å². The van der Waals surface area contributed by atoms with E-state index in [0.717, 1.165) is 17.5 Å². The fraction of sp³-hybridized carbons (Fsp3) is 0.538. The molecule has 0 saturated heterocycles. The van der Waals surface area contributed by atoms with Crippen molar-refractivity contribution in [3.05, 3.63) is 23.3 Å². The van der Waals surface area contributed by atoms with Gasteiger partial charge in [0.05, 0.1) is 0 Å². The summed E-state index contributed by atoms with van der Waals surface area (Å²) in [5.41, 5.74) is 1.61. The van der Waals surface area contributed by atoms with Crippen molar-refractivity contribution in [3.8, 4) is 11.5 Å². The molecule has 0 aliphatic carbocycles. The van der Waals surface area contributed by atoms with E-state index >= 15 is 0 Å². The first-order valence-electron chi connectivity index (χ1n) is 5.79. The second kappa shape index (κ2) is 5.89. The summed E-state index contributed by atoms with van der Waals surface area (Å²) in [6, 6.07) is 3.78. The molecular weight excluding hydrogens is 220 g/mol. The molecule has 0 fully saturated rings. The molecule has 0 aliphatic rings. The molecule has 0 radical (unpaired) electrons.